The molecule has 3 rings (SSSR count). The van der Waals surface area contributed by atoms with Crippen molar-refractivity contribution in [3.8, 4) is 5.75 Å². The number of hydrogen-bond donors (Lipinski definition) is 1. The van der Waals surface area contributed by atoms with E-state index in [0.29, 0.717) is 38.9 Å². The van der Waals surface area contributed by atoms with Crippen molar-refractivity contribution in [2.75, 3.05) is 39.8 Å². The van der Waals surface area contributed by atoms with Gasteiger partial charge in [-0.3, -0.25) is 14.5 Å². The van der Waals surface area contributed by atoms with Crippen LogP contribution in [0.5, 0.6) is 5.75 Å². The molecule has 0 spiro atoms. The van der Waals surface area contributed by atoms with Gasteiger partial charge < -0.3 is 15.0 Å². The van der Waals surface area contributed by atoms with Crippen molar-refractivity contribution in [1.29, 1.82) is 0 Å². The Morgan fingerprint density at radius 1 is 1.25 bits per heavy atom. The summed E-state index contributed by atoms with van der Waals surface area (Å²) in [7, 11) is 1.65. The van der Waals surface area contributed by atoms with Gasteiger partial charge in [0.25, 0.3) is 0 Å². The summed E-state index contributed by atoms with van der Waals surface area (Å²) in [4.78, 5) is 28.7. The number of carbonyl (C=O) groups is 2. The van der Waals surface area contributed by atoms with Gasteiger partial charge in [-0.05, 0) is 24.5 Å². The third-order valence-electron chi connectivity index (χ3n) is 4.92. The number of para-hydroxylation sites is 1. The fraction of sp³-hybridized carbons (Fsp3) is 0.556. The minimum absolute atomic E-state index is 0.0780. The SMILES string of the molecule is COc1ccccc1CCC(=O)N1CCC2C(=O)NCCN2CC1. The lowest BCUT2D eigenvalue weighted by Crippen LogP contribution is -2.55. The number of carbonyl (C=O) groups excluding carboxylic acids is 2. The molecule has 2 fully saturated rings. The number of nitrogens with one attached hydrogen (secondary N) is 1. The van der Waals surface area contributed by atoms with Crippen LogP contribution in [0.2, 0.25) is 0 Å². The van der Waals surface area contributed by atoms with E-state index < -0.39 is 0 Å². The first-order valence-electron chi connectivity index (χ1n) is 8.60. The molecule has 0 radical (unpaired) electrons. The summed E-state index contributed by atoms with van der Waals surface area (Å²) in [6, 6.07) is 7.73. The Morgan fingerprint density at radius 2 is 2.08 bits per heavy atom. The summed E-state index contributed by atoms with van der Waals surface area (Å²) in [6.45, 7) is 3.71. The van der Waals surface area contributed by atoms with E-state index >= 15 is 0 Å². The number of rotatable bonds is 4. The van der Waals surface area contributed by atoms with Crippen molar-refractivity contribution in [3.05, 3.63) is 29.8 Å². The normalized spacial score (nSPS) is 21.6. The fourth-order valence-corrected chi connectivity index (χ4v) is 3.54. The van der Waals surface area contributed by atoms with Gasteiger partial charge in [-0.25, -0.2) is 0 Å². The van der Waals surface area contributed by atoms with E-state index in [4.69, 9.17) is 4.74 Å². The van der Waals surface area contributed by atoms with E-state index in [9.17, 15) is 9.59 Å². The van der Waals surface area contributed by atoms with Gasteiger partial charge in [0.05, 0.1) is 13.2 Å². The number of benzene rings is 1. The maximum absolute atomic E-state index is 12.6. The van der Waals surface area contributed by atoms with Gasteiger partial charge >= 0.3 is 0 Å². The van der Waals surface area contributed by atoms with Gasteiger partial charge in [0, 0.05) is 39.1 Å². The van der Waals surface area contributed by atoms with Crippen LogP contribution in [0, 0.1) is 0 Å². The summed E-state index contributed by atoms with van der Waals surface area (Å²) in [5.41, 5.74) is 1.06. The number of fused-ring (bicyclic) bond motifs is 1. The van der Waals surface area contributed by atoms with Crippen LogP contribution < -0.4 is 10.1 Å². The molecule has 1 unspecified atom stereocenters. The Bertz CT molecular complexity index is 605. The summed E-state index contributed by atoms with van der Waals surface area (Å²) in [6.07, 6.45) is 1.86. The largest absolute Gasteiger partial charge is 0.496 e. The highest BCUT2D eigenvalue weighted by molar-refractivity contribution is 5.83. The summed E-state index contributed by atoms with van der Waals surface area (Å²) in [5.74, 6) is 1.08. The number of hydrogen-bond acceptors (Lipinski definition) is 4. The molecule has 0 saturated carbocycles. The Kier molecular flexibility index (Phi) is 5.35. The first kappa shape index (κ1) is 16.8. The maximum Gasteiger partial charge on any atom is 0.237 e. The van der Waals surface area contributed by atoms with Crippen LogP contribution in [0.15, 0.2) is 24.3 Å². The van der Waals surface area contributed by atoms with Crippen molar-refractivity contribution in [1.82, 2.24) is 15.1 Å². The van der Waals surface area contributed by atoms with Crippen LogP contribution in [0.1, 0.15) is 18.4 Å². The molecule has 2 aliphatic heterocycles. The van der Waals surface area contributed by atoms with Crippen LogP contribution in [-0.2, 0) is 16.0 Å². The molecule has 0 bridgehead atoms. The molecule has 6 nitrogen and oxygen atoms in total. The second-order valence-corrected chi connectivity index (χ2v) is 6.32. The molecule has 1 N–H and O–H groups in total. The van der Waals surface area contributed by atoms with E-state index in [1.807, 2.05) is 29.2 Å². The summed E-state index contributed by atoms with van der Waals surface area (Å²) >= 11 is 0. The highest BCUT2D eigenvalue weighted by atomic mass is 16.5. The van der Waals surface area contributed by atoms with E-state index in [1.165, 1.54) is 0 Å². The minimum Gasteiger partial charge on any atom is -0.496 e. The van der Waals surface area contributed by atoms with Gasteiger partial charge in [-0.2, -0.15) is 0 Å². The number of aryl methyl sites for hydroxylation is 1. The van der Waals surface area contributed by atoms with Crippen LogP contribution >= 0.6 is 0 Å². The number of nitrogens with zero attached hydrogens (tertiary/aromatic N) is 2. The molecule has 24 heavy (non-hydrogen) atoms. The van der Waals surface area contributed by atoms with Crippen molar-refractivity contribution in [2.45, 2.75) is 25.3 Å². The average Bonchev–Trinajstić information content (AvgIpc) is 2.83. The predicted molar refractivity (Wildman–Crippen MR) is 90.9 cm³/mol. The second-order valence-electron chi connectivity index (χ2n) is 6.32. The third kappa shape index (κ3) is 3.70. The van der Waals surface area contributed by atoms with Gasteiger partial charge in [-0.15, -0.1) is 0 Å². The third-order valence-corrected chi connectivity index (χ3v) is 4.92. The van der Waals surface area contributed by atoms with Crippen molar-refractivity contribution in [3.63, 3.8) is 0 Å². The van der Waals surface area contributed by atoms with E-state index in [1.54, 1.807) is 7.11 Å². The standard InChI is InChI=1S/C18H25N3O3/c1-24-16-5-3-2-4-14(16)6-7-17(22)21-10-8-15-18(23)19-9-11-20(15)12-13-21/h2-5,15H,6-13H2,1H3,(H,19,23). The molecule has 1 aromatic carbocycles. The topological polar surface area (TPSA) is 61.9 Å². The van der Waals surface area contributed by atoms with E-state index in [2.05, 4.69) is 10.2 Å². The van der Waals surface area contributed by atoms with Gasteiger partial charge in [0.1, 0.15) is 5.75 Å². The van der Waals surface area contributed by atoms with Gasteiger partial charge in [0.2, 0.25) is 11.8 Å². The molecule has 2 aliphatic rings. The number of ether oxygens (including phenoxy) is 1. The lowest BCUT2D eigenvalue weighted by atomic mass is 10.1. The molecule has 2 saturated heterocycles. The zero-order chi connectivity index (χ0) is 16.9. The highest BCUT2D eigenvalue weighted by Gasteiger charge is 2.33. The molecular weight excluding hydrogens is 306 g/mol. The van der Waals surface area contributed by atoms with Gasteiger partial charge in [0.15, 0.2) is 0 Å². The van der Waals surface area contributed by atoms with Crippen molar-refractivity contribution < 1.29 is 14.3 Å². The first-order chi connectivity index (χ1) is 11.7. The Morgan fingerprint density at radius 3 is 2.92 bits per heavy atom. The predicted octanol–water partition coefficient (Wildman–Crippen LogP) is 0.661. The molecule has 2 heterocycles. The molecular formula is C18H25N3O3. The quantitative estimate of drug-likeness (QED) is 0.880. The molecule has 130 valence electrons. The lowest BCUT2D eigenvalue weighted by molar-refractivity contribution is -0.131. The summed E-state index contributed by atoms with van der Waals surface area (Å²) < 4.78 is 5.34. The first-order valence-corrected chi connectivity index (χ1v) is 8.60. The number of piperazine rings is 1. The number of amides is 2. The zero-order valence-corrected chi connectivity index (χ0v) is 14.2. The smallest absolute Gasteiger partial charge is 0.237 e. The minimum atomic E-state index is -0.0780. The Hall–Kier alpha value is -2.08. The van der Waals surface area contributed by atoms with Crippen molar-refractivity contribution >= 4 is 11.8 Å². The van der Waals surface area contributed by atoms with Crippen LogP contribution in [0.3, 0.4) is 0 Å². The zero-order valence-electron chi connectivity index (χ0n) is 14.2. The monoisotopic (exact) mass is 331 g/mol. The Balaban J connectivity index is 1.56. The molecule has 0 aromatic heterocycles. The molecule has 2 amide bonds. The molecule has 1 aromatic rings. The van der Waals surface area contributed by atoms with Crippen LogP contribution in [-0.4, -0.2) is 67.5 Å². The van der Waals surface area contributed by atoms with Crippen molar-refractivity contribution in [2.24, 2.45) is 0 Å². The molecule has 1 atom stereocenters. The molecule has 0 aliphatic carbocycles. The van der Waals surface area contributed by atoms with Crippen LogP contribution in [0.25, 0.3) is 0 Å². The van der Waals surface area contributed by atoms with E-state index in [0.717, 1.165) is 24.4 Å². The van der Waals surface area contributed by atoms with Crippen LogP contribution in [0.4, 0.5) is 0 Å². The van der Waals surface area contributed by atoms with Gasteiger partial charge in [-0.1, -0.05) is 18.2 Å². The molecule has 6 heteroatoms. The maximum atomic E-state index is 12.6. The number of methoxy groups -OCH3 is 1. The summed E-state index contributed by atoms with van der Waals surface area (Å²) in [5, 5.41) is 2.91. The second kappa shape index (κ2) is 7.66. The highest BCUT2D eigenvalue weighted by Crippen LogP contribution is 2.20. The van der Waals surface area contributed by atoms with E-state index in [-0.39, 0.29) is 17.9 Å². The Labute approximate surface area is 142 Å². The fourth-order valence-electron chi connectivity index (χ4n) is 3.54. The lowest BCUT2D eigenvalue weighted by Gasteiger charge is -2.32. The average molecular weight is 331 g/mol.